The molecule has 5 heteroatoms. The SMILES string of the molecule is O=C(NCc1cccc(-c2cn3c(n2)CCC3)c1)c1ccncc1. The topological polar surface area (TPSA) is 59.8 Å². The van der Waals surface area contributed by atoms with Crippen LogP contribution in [0.15, 0.2) is 55.0 Å². The first kappa shape index (κ1) is 14.6. The van der Waals surface area contributed by atoms with Gasteiger partial charge in [0.15, 0.2) is 0 Å². The highest BCUT2D eigenvalue weighted by molar-refractivity contribution is 5.93. The first-order valence-electron chi connectivity index (χ1n) is 8.13. The van der Waals surface area contributed by atoms with Crippen molar-refractivity contribution in [3.8, 4) is 11.3 Å². The predicted octanol–water partition coefficient (Wildman–Crippen LogP) is 2.82. The highest BCUT2D eigenvalue weighted by Gasteiger charge is 2.14. The van der Waals surface area contributed by atoms with E-state index in [1.54, 1.807) is 24.5 Å². The number of fused-ring (bicyclic) bond motifs is 1. The molecule has 1 aliphatic heterocycles. The van der Waals surface area contributed by atoms with E-state index in [0.29, 0.717) is 12.1 Å². The van der Waals surface area contributed by atoms with Crippen LogP contribution >= 0.6 is 0 Å². The average Bonchev–Trinajstić information content (AvgIpc) is 3.23. The molecular formula is C19H18N4O. The molecule has 120 valence electrons. The van der Waals surface area contributed by atoms with Gasteiger partial charge in [-0.05, 0) is 30.2 Å². The number of aromatic nitrogens is 3. The average molecular weight is 318 g/mol. The molecule has 0 fully saturated rings. The first-order valence-corrected chi connectivity index (χ1v) is 8.13. The maximum absolute atomic E-state index is 12.1. The number of pyridine rings is 1. The lowest BCUT2D eigenvalue weighted by atomic mass is 10.1. The third kappa shape index (κ3) is 2.93. The van der Waals surface area contributed by atoms with E-state index in [1.165, 1.54) is 12.2 Å². The minimum Gasteiger partial charge on any atom is -0.348 e. The van der Waals surface area contributed by atoms with E-state index in [0.717, 1.165) is 29.8 Å². The Labute approximate surface area is 140 Å². The van der Waals surface area contributed by atoms with Crippen molar-refractivity contribution in [3.05, 3.63) is 71.9 Å². The molecular weight excluding hydrogens is 300 g/mol. The van der Waals surface area contributed by atoms with Crippen molar-refractivity contribution >= 4 is 5.91 Å². The van der Waals surface area contributed by atoms with Gasteiger partial charge in [-0.1, -0.05) is 18.2 Å². The molecule has 1 aromatic carbocycles. The summed E-state index contributed by atoms with van der Waals surface area (Å²) in [6.07, 6.45) is 7.60. The summed E-state index contributed by atoms with van der Waals surface area (Å²) in [4.78, 5) is 20.7. The number of aryl methyl sites for hydroxylation is 2. The van der Waals surface area contributed by atoms with Gasteiger partial charge in [0, 0.05) is 49.2 Å². The van der Waals surface area contributed by atoms with E-state index in [-0.39, 0.29) is 5.91 Å². The van der Waals surface area contributed by atoms with Gasteiger partial charge >= 0.3 is 0 Å². The number of nitrogens with one attached hydrogen (secondary N) is 1. The third-order valence-corrected chi connectivity index (χ3v) is 4.28. The maximum Gasteiger partial charge on any atom is 0.251 e. The fourth-order valence-electron chi connectivity index (χ4n) is 3.02. The lowest BCUT2D eigenvalue weighted by molar-refractivity contribution is 0.0951. The van der Waals surface area contributed by atoms with Gasteiger partial charge in [-0.2, -0.15) is 0 Å². The second-order valence-corrected chi connectivity index (χ2v) is 5.96. The number of carbonyl (C=O) groups is 1. The number of rotatable bonds is 4. The fourth-order valence-corrected chi connectivity index (χ4v) is 3.02. The molecule has 0 saturated heterocycles. The first-order chi connectivity index (χ1) is 11.8. The van der Waals surface area contributed by atoms with E-state index in [4.69, 9.17) is 4.98 Å². The molecule has 5 nitrogen and oxygen atoms in total. The number of carbonyl (C=O) groups excluding carboxylic acids is 1. The van der Waals surface area contributed by atoms with Gasteiger partial charge in [0.25, 0.3) is 5.91 Å². The van der Waals surface area contributed by atoms with Gasteiger partial charge in [0.2, 0.25) is 0 Å². The third-order valence-electron chi connectivity index (χ3n) is 4.28. The standard InChI is InChI=1S/C19H18N4O/c24-19(15-6-8-20-9-7-15)21-12-14-3-1-4-16(11-14)17-13-23-10-2-5-18(23)22-17/h1,3-4,6-9,11,13H,2,5,10,12H2,(H,21,24). The zero-order valence-electron chi connectivity index (χ0n) is 13.3. The van der Waals surface area contributed by atoms with E-state index >= 15 is 0 Å². The molecule has 3 aromatic rings. The minimum absolute atomic E-state index is 0.0937. The normalized spacial score (nSPS) is 12.8. The summed E-state index contributed by atoms with van der Waals surface area (Å²) in [6.45, 7) is 1.55. The molecule has 1 N–H and O–H groups in total. The van der Waals surface area contributed by atoms with Crippen molar-refractivity contribution < 1.29 is 4.79 Å². The fraction of sp³-hybridized carbons (Fsp3) is 0.211. The van der Waals surface area contributed by atoms with Gasteiger partial charge in [0.1, 0.15) is 5.82 Å². The molecule has 3 heterocycles. The second-order valence-electron chi connectivity index (χ2n) is 5.96. The molecule has 1 aliphatic rings. The van der Waals surface area contributed by atoms with Gasteiger partial charge in [-0.3, -0.25) is 9.78 Å². The number of imidazole rings is 1. The summed E-state index contributed by atoms with van der Waals surface area (Å²) in [5, 5.41) is 2.94. The van der Waals surface area contributed by atoms with Gasteiger partial charge in [-0.25, -0.2) is 4.98 Å². The van der Waals surface area contributed by atoms with Crippen LogP contribution in [0.2, 0.25) is 0 Å². The van der Waals surface area contributed by atoms with Crippen LogP contribution in [-0.2, 0) is 19.5 Å². The van der Waals surface area contributed by atoms with Crippen LogP contribution in [-0.4, -0.2) is 20.4 Å². The van der Waals surface area contributed by atoms with Crippen molar-refractivity contribution in [3.63, 3.8) is 0 Å². The molecule has 0 atom stereocenters. The number of amides is 1. The van der Waals surface area contributed by atoms with Crippen LogP contribution in [0, 0.1) is 0 Å². The smallest absolute Gasteiger partial charge is 0.251 e. The number of benzene rings is 1. The number of hydrogen-bond acceptors (Lipinski definition) is 3. The van der Waals surface area contributed by atoms with Crippen LogP contribution < -0.4 is 5.32 Å². The Balaban J connectivity index is 1.47. The van der Waals surface area contributed by atoms with Crippen molar-refractivity contribution in [2.75, 3.05) is 0 Å². The monoisotopic (exact) mass is 318 g/mol. The van der Waals surface area contributed by atoms with E-state index in [9.17, 15) is 4.79 Å². The highest BCUT2D eigenvalue weighted by Crippen LogP contribution is 2.23. The van der Waals surface area contributed by atoms with Gasteiger partial charge < -0.3 is 9.88 Å². The summed E-state index contributed by atoms with van der Waals surface area (Å²) >= 11 is 0. The maximum atomic E-state index is 12.1. The quantitative estimate of drug-likeness (QED) is 0.804. The Hall–Kier alpha value is -2.95. The number of hydrogen-bond donors (Lipinski definition) is 1. The van der Waals surface area contributed by atoms with Crippen LogP contribution in [0.5, 0.6) is 0 Å². The van der Waals surface area contributed by atoms with Crippen LogP contribution in [0.3, 0.4) is 0 Å². The highest BCUT2D eigenvalue weighted by atomic mass is 16.1. The van der Waals surface area contributed by atoms with E-state index in [1.807, 2.05) is 12.1 Å². The zero-order valence-corrected chi connectivity index (χ0v) is 13.3. The molecule has 0 bridgehead atoms. The van der Waals surface area contributed by atoms with Gasteiger partial charge in [-0.15, -0.1) is 0 Å². The van der Waals surface area contributed by atoms with Crippen molar-refractivity contribution in [2.45, 2.75) is 25.9 Å². The van der Waals surface area contributed by atoms with Gasteiger partial charge in [0.05, 0.1) is 5.69 Å². The predicted molar refractivity (Wildman–Crippen MR) is 91.4 cm³/mol. The summed E-state index contributed by atoms with van der Waals surface area (Å²) in [5.41, 5.74) is 3.77. The lowest BCUT2D eigenvalue weighted by Crippen LogP contribution is -2.22. The Morgan fingerprint density at radius 2 is 2.08 bits per heavy atom. The Bertz CT molecular complexity index is 849. The molecule has 4 rings (SSSR count). The molecule has 24 heavy (non-hydrogen) atoms. The van der Waals surface area contributed by atoms with Crippen molar-refractivity contribution in [1.29, 1.82) is 0 Å². The Morgan fingerprint density at radius 3 is 2.92 bits per heavy atom. The molecule has 0 unspecified atom stereocenters. The lowest BCUT2D eigenvalue weighted by Gasteiger charge is -2.06. The summed E-state index contributed by atoms with van der Waals surface area (Å²) in [5.74, 6) is 1.07. The molecule has 2 aromatic heterocycles. The molecule has 1 amide bonds. The van der Waals surface area contributed by atoms with Crippen LogP contribution in [0.1, 0.15) is 28.2 Å². The van der Waals surface area contributed by atoms with Crippen LogP contribution in [0.4, 0.5) is 0 Å². The van der Waals surface area contributed by atoms with Crippen LogP contribution in [0.25, 0.3) is 11.3 Å². The van der Waals surface area contributed by atoms with Crippen molar-refractivity contribution in [1.82, 2.24) is 19.9 Å². The largest absolute Gasteiger partial charge is 0.348 e. The molecule has 0 saturated carbocycles. The van der Waals surface area contributed by atoms with E-state index in [2.05, 4.69) is 33.2 Å². The summed E-state index contributed by atoms with van der Waals surface area (Å²) < 4.78 is 2.23. The molecule has 0 radical (unpaired) electrons. The summed E-state index contributed by atoms with van der Waals surface area (Å²) in [7, 11) is 0. The summed E-state index contributed by atoms with van der Waals surface area (Å²) in [6, 6.07) is 11.6. The minimum atomic E-state index is -0.0937. The molecule has 0 spiro atoms. The molecule has 0 aliphatic carbocycles. The Morgan fingerprint density at radius 1 is 1.21 bits per heavy atom. The Kier molecular flexibility index (Phi) is 3.83. The van der Waals surface area contributed by atoms with E-state index < -0.39 is 0 Å². The van der Waals surface area contributed by atoms with Crippen molar-refractivity contribution in [2.24, 2.45) is 0 Å². The zero-order chi connectivity index (χ0) is 16.4. The number of nitrogens with zero attached hydrogens (tertiary/aromatic N) is 3. The second kappa shape index (κ2) is 6.28.